The molecule has 2 N–H and O–H groups in total. The molecule has 1 aliphatic rings. The van der Waals surface area contributed by atoms with Crippen molar-refractivity contribution in [2.45, 2.75) is 32.7 Å². The fourth-order valence-corrected chi connectivity index (χ4v) is 4.71. The predicted molar refractivity (Wildman–Crippen MR) is 128 cm³/mol. The van der Waals surface area contributed by atoms with Gasteiger partial charge in [0, 0.05) is 38.7 Å². The maximum absolute atomic E-state index is 13.6. The zero-order chi connectivity index (χ0) is 23.1. The second-order valence-corrected chi connectivity index (χ2v) is 9.44. The van der Waals surface area contributed by atoms with Gasteiger partial charge in [-0.3, -0.25) is 9.36 Å². The number of aromatic nitrogens is 4. The Bertz CT molecular complexity index is 1390. The molecule has 5 rings (SSSR count). The lowest BCUT2D eigenvalue weighted by Gasteiger charge is -2.28. The largest absolute Gasteiger partial charge is 0.349 e. The quantitative estimate of drug-likeness (QED) is 0.473. The number of pyridine rings is 1. The monoisotopic (exact) mass is 483 g/mol. The van der Waals surface area contributed by atoms with Gasteiger partial charge in [0.25, 0.3) is 5.56 Å². The molecule has 0 bridgehead atoms. The van der Waals surface area contributed by atoms with E-state index in [4.69, 9.17) is 26.8 Å². The highest BCUT2D eigenvalue weighted by molar-refractivity contribution is 7.09. The Hall–Kier alpha value is -2.69. The van der Waals surface area contributed by atoms with E-state index in [-0.39, 0.29) is 18.1 Å². The number of hydrogen-bond acceptors (Lipinski definition) is 8. The second-order valence-electron chi connectivity index (χ2n) is 7.97. The molecular weight excluding hydrogens is 462 g/mol. The highest BCUT2D eigenvalue weighted by Crippen LogP contribution is 2.32. The van der Waals surface area contributed by atoms with E-state index in [2.05, 4.69) is 15.0 Å². The van der Waals surface area contributed by atoms with Gasteiger partial charge in [0.05, 0.1) is 36.5 Å². The summed E-state index contributed by atoms with van der Waals surface area (Å²) in [6.45, 7) is 4.66. The van der Waals surface area contributed by atoms with Gasteiger partial charge in [-0.2, -0.15) is 0 Å². The first kappa shape index (κ1) is 22.1. The highest BCUT2D eigenvalue weighted by atomic mass is 35.5. The van der Waals surface area contributed by atoms with Crippen LogP contribution in [0.2, 0.25) is 5.02 Å². The van der Waals surface area contributed by atoms with Gasteiger partial charge in [-0.1, -0.05) is 23.7 Å². The lowest BCUT2D eigenvalue weighted by molar-refractivity contribution is -0.191. The number of benzene rings is 1. The maximum atomic E-state index is 13.6. The van der Waals surface area contributed by atoms with Gasteiger partial charge < -0.3 is 15.2 Å². The van der Waals surface area contributed by atoms with E-state index in [9.17, 15) is 4.79 Å². The number of aryl methyl sites for hydroxylation is 2. The Morgan fingerprint density at radius 3 is 2.67 bits per heavy atom. The second kappa shape index (κ2) is 8.92. The van der Waals surface area contributed by atoms with E-state index in [1.807, 2.05) is 30.5 Å². The molecule has 0 aliphatic carbocycles. The summed E-state index contributed by atoms with van der Waals surface area (Å²) in [6, 6.07) is 7.20. The van der Waals surface area contributed by atoms with Crippen LogP contribution in [0.15, 0.2) is 40.6 Å². The zero-order valence-electron chi connectivity index (χ0n) is 18.1. The minimum absolute atomic E-state index is 0.176. The molecule has 4 heterocycles. The molecule has 0 atom stereocenters. The van der Waals surface area contributed by atoms with Crippen molar-refractivity contribution in [3.63, 3.8) is 0 Å². The summed E-state index contributed by atoms with van der Waals surface area (Å²) in [6.07, 6.45) is 1.11. The number of rotatable bonds is 4. The molecule has 0 amide bonds. The standard InChI is InChI=1S/C23H22ClN5O3S/c1-12-26-7-15-5-18(17-4-3-14(6-19(17)24)20-11-33-13(2)28-20)23(30)29(22(15)27-12)8-21-31-9-16(25)10-32-21/h3-7,11,16,21H,8-10,25H2,1-2H3/t16-,21-. The molecule has 1 aromatic carbocycles. The molecule has 10 heteroatoms. The third-order valence-corrected chi connectivity index (χ3v) is 6.53. The third-order valence-electron chi connectivity index (χ3n) is 5.45. The molecule has 0 saturated carbocycles. The van der Waals surface area contributed by atoms with E-state index >= 15 is 0 Å². The molecule has 170 valence electrons. The van der Waals surface area contributed by atoms with Gasteiger partial charge in [-0.15, -0.1) is 11.3 Å². The topological polar surface area (TPSA) is 105 Å². The molecular formula is C23H22ClN5O3S. The number of thiazole rings is 1. The minimum atomic E-state index is -0.595. The van der Waals surface area contributed by atoms with Crippen molar-refractivity contribution in [2.24, 2.45) is 5.73 Å². The Kier molecular flexibility index (Phi) is 5.98. The lowest BCUT2D eigenvalue weighted by Crippen LogP contribution is -2.43. The Balaban J connectivity index is 1.61. The number of nitrogens with zero attached hydrogens (tertiary/aromatic N) is 4. The van der Waals surface area contributed by atoms with Crippen LogP contribution in [0.5, 0.6) is 0 Å². The first-order valence-corrected chi connectivity index (χ1v) is 11.7. The molecule has 4 aromatic rings. The molecule has 1 aliphatic heterocycles. The van der Waals surface area contributed by atoms with Crippen LogP contribution in [0.3, 0.4) is 0 Å². The first-order valence-electron chi connectivity index (χ1n) is 10.5. The molecule has 0 spiro atoms. The average molecular weight is 484 g/mol. The number of hydrogen-bond donors (Lipinski definition) is 1. The van der Waals surface area contributed by atoms with Gasteiger partial charge in [0.1, 0.15) is 11.5 Å². The van der Waals surface area contributed by atoms with E-state index in [0.717, 1.165) is 21.7 Å². The van der Waals surface area contributed by atoms with Crippen molar-refractivity contribution in [2.75, 3.05) is 13.2 Å². The van der Waals surface area contributed by atoms with E-state index in [1.54, 1.807) is 35.1 Å². The van der Waals surface area contributed by atoms with E-state index in [1.165, 1.54) is 0 Å². The van der Waals surface area contributed by atoms with Gasteiger partial charge in [0.2, 0.25) is 0 Å². The van der Waals surface area contributed by atoms with Crippen LogP contribution in [-0.2, 0) is 16.0 Å². The van der Waals surface area contributed by atoms with Crippen molar-refractivity contribution in [1.82, 2.24) is 19.5 Å². The van der Waals surface area contributed by atoms with Crippen molar-refractivity contribution < 1.29 is 9.47 Å². The smallest absolute Gasteiger partial charge is 0.260 e. The molecule has 1 saturated heterocycles. The normalized spacial score (nSPS) is 18.7. The maximum Gasteiger partial charge on any atom is 0.260 e. The summed E-state index contributed by atoms with van der Waals surface area (Å²) in [5.74, 6) is 0.567. The Morgan fingerprint density at radius 2 is 1.97 bits per heavy atom. The summed E-state index contributed by atoms with van der Waals surface area (Å²) in [7, 11) is 0. The average Bonchev–Trinajstić information content (AvgIpc) is 3.23. The van der Waals surface area contributed by atoms with Crippen LogP contribution in [-0.4, -0.2) is 45.1 Å². The van der Waals surface area contributed by atoms with Crippen molar-refractivity contribution in [3.8, 4) is 22.4 Å². The first-order chi connectivity index (χ1) is 15.9. The van der Waals surface area contributed by atoms with Crippen LogP contribution in [0.4, 0.5) is 0 Å². The fraction of sp³-hybridized carbons (Fsp3) is 0.304. The minimum Gasteiger partial charge on any atom is -0.349 e. The molecule has 0 unspecified atom stereocenters. The van der Waals surface area contributed by atoms with Gasteiger partial charge >= 0.3 is 0 Å². The molecule has 8 nitrogen and oxygen atoms in total. The molecule has 33 heavy (non-hydrogen) atoms. The predicted octanol–water partition coefficient (Wildman–Crippen LogP) is 3.55. The summed E-state index contributed by atoms with van der Waals surface area (Å²) in [5.41, 5.74) is 8.96. The molecule has 0 radical (unpaired) electrons. The highest BCUT2D eigenvalue weighted by Gasteiger charge is 2.23. The van der Waals surface area contributed by atoms with Gasteiger partial charge in [-0.25, -0.2) is 15.0 Å². The fourth-order valence-electron chi connectivity index (χ4n) is 3.81. The summed E-state index contributed by atoms with van der Waals surface area (Å²) in [5, 5.41) is 4.15. The van der Waals surface area contributed by atoms with Gasteiger partial charge in [-0.05, 0) is 26.0 Å². The van der Waals surface area contributed by atoms with Crippen LogP contribution < -0.4 is 11.3 Å². The number of fused-ring (bicyclic) bond motifs is 1. The lowest BCUT2D eigenvalue weighted by atomic mass is 10.0. The van der Waals surface area contributed by atoms with Crippen molar-refractivity contribution >= 4 is 34.0 Å². The van der Waals surface area contributed by atoms with E-state index < -0.39 is 6.29 Å². The Morgan fingerprint density at radius 1 is 1.18 bits per heavy atom. The van der Waals surface area contributed by atoms with E-state index in [0.29, 0.717) is 40.8 Å². The summed E-state index contributed by atoms with van der Waals surface area (Å²) in [4.78, 5) is 27.0. The zero-order valence-corrected chi connectivity index (χ0v) is 19.7. The summed E-state index contributed by atoms with van der Waals surface area (Å²) < 4.78 is 12.9. The van der Waals surface area contributed by atoms with Gasteiger partial charge in [0.15, 0.2) is 6.29 Å². The van der Waals surface area contributed by atoms with Crippen LogP contribution in [0, 0.1) is 13.8 Å². The number of halogens is 1. The number of ether oxygens (including phenoxy) is 2. The molecule has 1 fully saturated rings. The SMILES string of the molecule is Cc1ncc2cc(-c3ccc(-c4csc(C)n4)cc3Cl)c(=O)n(C[C@H]3OC[C@H](N)CO3)c2n1. The third kappa shape index (κ3) is 4.42. The van der Waals surface area contributed by atoms with Crippen molar-refractivity contribution in [1.29, 1.82) is 0 Å². The Labute approximate surface area is 199 Å². The summed E-state index contributed by atoms with van der Waals surface area (Å²) >= 11 is 8.24. The van der Waals surface area contributed by atoms with Crippen molar-refractivity contribution in [3.05, 3.63) is 62.1 Å². The van der Waals surface area contributed by atoms with Crippen LogP contribution in [0.25, 0.3) is 33.4 Å². The number of nitrogens with two attached hydrogens (primary N) is 1. The molecule has 3 aromatic heterocycles. The van der Waals surface area contributed by atoms with Crippen LogP contribution >= 0.6 is 22.9 Å². The van der Waals surface area contributed by atoms with Crippen LogP contribution in [0.1, 0.15) is 10.8 Å².